The fourth-order valence-electron chi connectivity index (χ4n) is 3.96. The third kappa shape index (κ3) is 7.18. The van der Waals surface area contributed by atoms with Gasteiger partial charge in [0.1, 0.15) is 24.1 Å². The molecule has 0 aromatic heterocycles. The normalized spacial score (nSPS) is 11.8. The zero-order valence-electron chi connectivity index (χ0n) is 22.6. The van der Waals surface area contributed by atoms with Gasteiger partial charge in [-0.15, -0.1) is 0 Å². The Labute approximate surface area is 244 Å². The number of benzene rings is 3. The molecule has 9 nitrogen and oxygen atoms in total. The van der Waals surface area contributed by atoms with Gasteiger partial charge in [-0.1, -0.05) is 47.5 Å². The number of sulfonamides is 1. The average Bonchev–Trinajstić information content (AvgIpc) is 2.96. The maximum absolute atomic E-state index is 14.0. The van der Waals surface area contributed by atoms with Crippen LogP contribution >= 0.6 is 23.2 Å². The lowest BCUT2D eigenvalue weighted by atomic mass is 10.1. The van der Waals surface area contributed by atoms with Crippen LogP contribution in [0.1, 0.15) is 19.4 Å². The number of anilines is 1. The van der Waals surface area contributed by atoms with Crippen LogP contribution in [0.25, 0.3) is 0 Å². The number of rotatable bonds is 12. The van der Waals surface area contributed by atoms with Crippen LogP contribution in [0, 0.1) is 0 Å². The average molecular weight is 609 g/mol. The van der Waals surface area contributed by atoms with E-state index in [2.05, 4.69) is 5.32 Å². The predicted molar refractivity (Wildman–Crippen MR) is 156 cm³/mol. The first-order valence-electron chi connectivity index (χ1n) is 12.3. The summed E-state index contributed by atoms with van der Waals surface area (Å²) in [5, 5.41) is 3.34. The highest BCUT2D eigenvalue weighted by atomic mass is 35.5. The number of amides is 2. The Kier molecular flexibility index (Phi) is 10.7. The number of nitrogens with zero attached hydrogens (tertiary/aromatic N) is 2. The van der Waals surface area contributed by atoms with E-state index in [1.807, 2.05) is 0 Å². The van der Waals surface area contributed by atoms with E-state index in [1.165, 1.54) is 37.3 Å². The molecule has 0 aliphatic heterocycles. The van der Waals surface area contributed by atoms with Crippen LogP contribution in [0.15, 0.2) is 71.6 Å². The summed E-state index contributed by atoms with van der Waals surface area (Å²) in [6.07, 6.45) is 0. The summed E-state index contributed by atoms with van der Waals surface area (Å²) in [7, 11) is -1.43. The highest BCUT2D eigenvalue weighted by molar-refractivity contribution is 7.92. The van der Waals surface area contributed by atoms with E-state index in [-0.39, 0.29) is 27.9 Å². The molecule has 3 aromatic rings. The summed E-state index contributed by atoms with van der Waals surface area (Å²) in [5.41, 5.74) is 0.703. The SMILES string of the molecule is CCNC(=O)C(C)N(Cc1ccc(Cl)c(Cl)c1)C(=O)CN(c1cc(OC)ccc1OC)S(=O)(=O)c1ccccc1. The van der Waals surface area contributed by atoms with Gasteiger partial charge in [0.05, 0.1) is 34.8 Å². The van der Waals surface area contributed by atoms with Crippen molar-refractivity contribution >= 4 is 50.7 Å². The molecule has 1 unspecified atom stereocenters. The maximum Gasteiger partial charge on any atom is 0.264 e. The predicted octanol–water partition coefficient (Wildman–Crippen LogP) is 4.76. The van der Waals surface area contributed by atoms with Gasteiger partial charge < -0.3 is 19.7 Å². The Balaban J connectivity index is 2.12. The lowest BCUT2D eigenvalue weighted by Gasteiger charge is -2.32. The largest absolute Gasteiger partial charge is 0.497 e. The summed E-state index contributed by atoms with van der Waals surface area (Å²) in [4.78, 5) is 28.1. The second-order valence-electron chi connectivity index (χ2n) is 8.70. The Hall–Kier alpha value is -3.47. The van der Waals surface area contributed by atoms with Crippen molar-refractivity contribution in [1.82, 2.24) is 10.2 Å². The van der Waals surface area contributed by atoms with E-state index in [4.69, 9.17) is 32.7 Å². The number of likely N-dealkylation sites (N-methyl/N-ethyl adjacent to an activating group) is 1. The van der Waals surface area contributed by atoms with Gasteiger partial charge in [-0.05, 0) is 55.8 Å². The van der Waals surface area contributed by atoms with E-state index >= 15 is 0 Å². The molecule has 2 amide bonds. The third-order valence-corrected chi connectivity index (χ3v) is 8.63. The molecule has 40 heavy (non-hydrogen) atoms. The molecule has 3 aromatic carbocycles. The summed E-state index contributed by atoms with van der Waals surface area (Å²) in [6, 6.07) is 16.3. The lowest BCUT2D eigenvalue weighted by Crippen LogP contribution is -2.51. The van der Waals surface area contributed by atoms with Crippen molar-refractivity contribution < 1.29 is 27.5 Å². The van der Waals surface area contributed by atoms with E-state index < -0.39 is 34.4 Å². The number of carbonyl (C=O) groups is 2. The minimum Gasteiger partial charge on any atom is -0.497 e. The van der Waals surface area contributed by atoms with Crippen molar-refractivity contribution in [1.29, 1.82) is 0 Å². The van der Waals surface area contributed by atoms with Crippen LogP contribution in [0.3, 0.4) is 0 Å². The molecule has 0 saturated heterocycles. The molecule has 0 saturated carbocycles. The van der Waals surface area contributed by atoms with Crippen LogP contribution in [0.4, 0.5) is 5.69 Å². The molecular formula is C28H31Cl2N3O6S. The van der Waals surface area contributed by atoms with Gasteiger partial charge in [0, 0.05) is 19.2 Å². The molecule has 214 valence electrons. The van der Waals surface area contributed by atoms with E-state index in [9.17, 15) is 18.0 Å². The number of hydrogen-bond donors (Lipinski definition) is 1. The zero-order chi connectivity index (χ0) is 29.4. The highest BCUT2D eigenvalue weighted by Crippen LogP contribution is 2.36. The van der Waals surface area contributed by atoms with Crippen molar-refractivity contribution in [2.45, 2.75) is 31.3 Å². The van der Waals surface area contributed by atoms with Gasteiger partial charge in [0.25, 0.3) is 10.0 Å². The molecule has 0 spiro atoms. The standard InChI is InChI=1S/C28H31Cl2N3O6S/c1-5-31-28(35)19(2)32(17-20-11-13-23(29)24(30)15-20)27(34)18-33(40(36,37)22-9-7-6-8-10-22)25-16-21(38-3)12-14-26(25)39-4/h6-16,19H,5,17-18H2,1-4H3,(H,31,35). The van der Waals surface area contributed by atoms with Gasteiger partial charge in [-0.25, -0.2) is 8.42 Å². The van der Waals surface area contributed by atoms with Gasteiger partial charge >= 0.3 is 0 Å². The molecule has 0 heterocycles. The monoisotopic (exact) mass is 607 g/mol. The number of carbonyl (C=O) groups excluding carboxylic acids is 2. The number of halogens is 2. The van der Waals surface area contributed by atoms with Gasteiger partial charge in [0.2, 0.25) is 11.8 Å². The third-order valence-electron chi connectivity index (χ3n) is 6.12. The Bertz CT molecular complexity index is 1450. The zero-order valence-corrected chi connectivity index (χ0v) is 24.9. The number of nitrogens with one attached hydrogen (secondary N) is 1. The van der Waals surface area contributed by atoms with Crippen molar-refractivity contribution in [3.8, 4) is 11.5 Å². The van der Waals surface area contributed by atoms with Crippen molar-refractivity contribution in [2.24, 2.45) is 0 Å². The van der Waals surface area contributed by atoms with Crippen LogP contribution in [-0.2, 0) is 26.2 Å². The second kappa shape index (κ2) is 13.7. The van der Waals surface area contributed by atoms with Crippen LogP contribution in [0.2, 0.25) is 10.0 Å². The summed E-state index contributed by atoms with van der Waals surface area (Å²) >= 11 is 12.3. The fraction of sp³-hybridized carbons (Fsp3) is 0.286. The summed E-state index contributed by atoms with van der Waals surface area (Å²) < 4.78 is 39.6. The first kappa shape index (κ1) is 31.1. The number of hydrogen-bond acceptors (Lipinski definition) is 6. The maximum atomic E-state index is 14.0. The van der Waals surface area contributed by atoms with Crippen molar-refractivity contribution in [2.75, 3.05) is 31.6 Å². The molecule has 1 atom stereocenters. The van der Waals surface area contributed by atoms with E-state index in [0.717, 1.165) is 4.31 Å². The molecule has 0 aliphatic carbocycles. The molecular weight excluding hydrogens is 577 g/mol. The van der Waals surface area contributed by atoms with Crippen molar-refractivity contribution in [3.63, 3.8) is 0 Å². The van der Waals surface area contributed by atoms with Gasteiger partial charge in [-0.3, -0.25) is 13.9 Å². The number of methoxy groups -OCH3 is 2. The second-order valence-corrected chi connectivity index (χ2v) is 11.4. The summed E-state index contributed by atoms with van der Waals surface area (Å²) in [6.45, 7) is 3.03. The minimum atomic E-state index is -4.27. The molecule has 0 bridgehead atoms. The van der Waals surface area contributed by atoms with Crippen LogP contribution < -0.4 is 19.1 Å². The molecule has 0 aliphatic rings. The van der Waals surface area contributed by atoms with Gasteiger partial charge in [-0.2, -0.15) is 0 Å². The smallest absolute Gasteiger partial charge is 0.264 e. The van der Waals surface area contributed by atoms with E-state index in [0.29, 0.717) is 22.9 Å². The van der Waals surface area contributed by atoms with Gasteiger partial charge in [0.15, 0.2) is 0 Å². The Morgan fingerprint density at radius 3 is 2.25 bits per heavy atom. The van der Waals surface area contributed by atoms with Crippen molar-refractivity contribution in [3.05, 3.63) is 82.3 Å². The van der Waals surface area contributed by atoms with Crippen LogP contribution in [-0.4, -0.2) is 58.5 Å². The minimum absolute atomic E-state index is 0.0253. The van der Waals surface area contributed by atoms with E-state index in [1.54, 1.807) is 62.4 Å². The first-order chi connectivity index (χ1) is 19.0. The molecule has 12 heteroatoms. The Morgan fingerprint density at radius 1 is 0.950 bits per heavy atom. The molecule has 0 fully saturated rings. The Morgan fingerprint density at radius 2 is 1.65 bits per heavy atom. The number of ether oxygens (including phenoxy) is 2. The molecule has 1 N–H and O–H groups in total. The fourth-order valence-corrected chi connectivity index (χ4v) is 5.72. The summed E-state index contributed by atoms with van der Waals surface area (Å²) in [5.74, 6) is -0.456. The lowest BCUT2D eigenvalue weighted by molar-refractivity contribution is -0.139. The van der Waals surface area contributed by atoms with Crippen LogP contribution in [0.5, 0.6) is 11.5 Å². The molecule has 3 rings (SSSR count). The first-order valence-corrected chi connectivity index (χ1v) is 14.5. The quantitative estimate of drug-likeness (QED) is 0.318. The molecule has 0 radical (unpaired) electrons. The highest BCUT2D eigenvalue weighted by Gasteiger charge is 2.34. The topological polar surface area (TPSA) is 105 Å².